The molecular weight excluding hydrogens is 472 g/mol. The summed E-state index contributed by atoms with van der Waals surface area (Å²) < 4.78 is 11.7. The van der Waals surface area contributed by atoms with Crippen LogP contribution in [0.3, 0.4) is 0 Å². The second-order valence-corrected chi connectivity index (χ2v) is 8.77. The van der Waals surface area contributed by atoms with Crippen LogP contribution in [-0.4, -0.2) is 34.6 Å². The van der Waals surface area contributed by atoms with Crippen molar-refractivity contribution < 1.29 is 13.9 Å². The fourth-order valence-corrected chi connectivity index (χ4v) is 4.74. The molecule has 1 amide bonds. The third-order valence-electron chi connectivity index (χ3n) is 6.14. The lowest BCUT2D eigenvalue weighted by Gasteiger charge is -2.26. The van der Waals surface area contributed by atoms with Gasteiger partial charge >= 0.3 is 0 Å². The van der Waals surface area contributed by atoms with Crippen LogP contribution in [0.5, 0.6) is 5.75 Å². The molecule has 1 fully saturated rings. The minimum Gasteiger partial charge on any atom is -0.495 e. The van der Waals surface area contributed by atoms with Crippen LogP contribution in [0, 0.1) is 0 Å². The minimum absolute atomic E-state index is 0.133. The summed E-state index contributed by atoms with van der Waals surface area (Å²) in [6.07, 6.45) is 2.00. The maximum Gasteiger partial charge on any atom is 0.226 e. The molecule has 1 aliphatic heterocycles. The van der Waals surface area contributed by atoms with Crippen molar-refractivity contribution in [2.24, 2.45) is 0 Å². The van der Waals surface area contributed by atoms with Gasteiger partial charge in [0.15, 0.2) is 5.11 Å². The standard InChI is InChI=1S/C28H26N4O3S/c1-34-23-13-6-5-11-20(23)30-25(33)16-18-32-27(26(31-28(32)36)21-12-7-8-17-29-21)24-15-14-22(35-24)19-9-3-2-4-10-19/h2-15,17,26-27H,16,18H2,1H3,(H,30,33)(H,31,36)/t26-,27-/m0/s1. The van der Waals surface area contributed by atoms with Crippen LogP contribution in [0.2, 0.25) is 0 Å². The number of carbonyl (C=O) groups is 1. The molecule has 3 heterocycles. The monoisotopic (exact) mass is 498 g/mol. The lowest BCUT2D eigenvalue weighted by atomic mass is 10.0. The zero-order valence-electron chi connectivity index (χ0n) is 19.8. The number of anilines is 1. The number of pyridine rings is 1. The highest BCUT2D eigenvalue weighted by Gasteiger charge is 2.41. The third kappa shape index (κ3) is 4.94. The first-order chi connectivity index (χ1) is 17.6. The van der Waals surface area contributed by atoms with E-state index in [1.165, 1.54) is 0 Å². The van der Waals surface area contributed by atoms with Crippen molar-refractivity contribution in [1.82, 2.24) is 15.2 Å². The van der Waals surface area contributed by atoms with Crippen molar-refractivity contribution in [3.63, 3.8) is 0 Å². The van der Waals surface area contributed by atoms with Crippen LogP contribution < -0.4 is 15.4 Å². The number of furan rings is 1. The third-order valence-corrected chi connectivity index (χ3v) is 6.49. The molecule has 2 aromatic carbocycles. The molecule has 0 aliphatic carbocycles. The predicted octanol–water partition coefficient (Wildman–Crippen LogP) is 5.35. The van der Waals surface area contributed by atoms with E-state index in [0.717, 1.165) is 22.8 Å². The Morgan fingerprint density at radius 1 is 1.06 bits per heavy atom. The molecule has 5 rings (SSSR count). The highest BCUT2D eigenvalue weighted by molar-refractivity contribution is 7.80. The van der Waals surface area contributed by atoms with Crippen LogP contribution >= 0.6 is 12.2 Å². The Morgan fingerprint density at radius 3 is 2.61 bits per heavy atom. The molecule has 1 aliphatic rings. The Kier molecular flexibility index (Phi) is 6.95. The van der Waals surface area contributed by atoms with Gasteiger partial charge in [0.05, 0.1) is 24.5 Å². The van der Waals surface area contributed by atoms with Crippen molar-refractivity contribution >= 4 is 28.9 Å². The number of amides is 1. The van der Waals surface area contributed by atoms with E-state index in [2.05, 4.69) is 15.6 Å². The number of para-hydroxylation sites is 2. The Labute approximate surface area is 215 Å². The molecule has 0 saturated carbocycles. The smallest absolute Gasteiger partial charge is 0.226 e. The van der Waals surface area contributed by atoms with Gasteiger partial charge in [-0.2, -0.15) is 0 Å². The predicted molar refractivity (Wildman–Crippen MR) is 143 cm³/mol. The molecule has 7 nitrogen and oxygen atoms in total. The SMILES string of the molecule is COc1ccccc1NC(=O)CCN1C(=S)N[C@@H](c2ccccn2)[C@@H]1c1ccc(-c2ccccc2)o1. The second-order valence-electron chi connectivity index (χ2n) is 8.39. The summed E-state index contributed by atoms with van der Waals surface area (Å²) in [5.74, 6) is 2.01. The lowest BCUT2D eigenvalue weighted by Crippen LogP contribution is -2.32. The Bertz CT molecular complexity index is 1340. The molecule has 182 valence electrons. The summed E-state index contributed by atoms with van der Waals surface area (Å²) in [6.45, 7) is 0.405. The number of thiocarbonyl (C=S) groups is 1. The number of methoxy groups -OCH3 is 1. The van der Waals surface area contributed by atoms with Gasteiger partial charge in [0.1, 0.15) is 23.3 Å². The van der Waals surface area contributed by atoms with Crippen molar-refractivity contribution in [3.05, 3.63) is 103 Å². The van der Waals surface area contributed by atoms with E-state index >= 15 is 0 Å². The molecule has 0 unspecified atom stereocenters. The minimum atomic E-state index is -0.260. The molecule has 36 heavy (non-hydrogen) atoms. The molecule has 2 N–H and O–H groups in total. The van der Waals surface area contributed by atoms with E-state index in [0.29, 0.717) is 23.1 Å². The highest BCUT2D eigenvalue weighted by Crippen LogP contribution is 2.40. The van der Waals surface area contributed by atoms with Crippen LogP contribution in [-0.2, 0) is 4.79 Å². The number of benzene rings is 2. The molecule has 1 saturated heterocycles. The zero-order valence-corrected chi connectivity index (χ0v) is 20.6. The van der Waals surface area contributed by atoms with Crippen LogP contribution in [0.15, 0.2) is 95.5 Å². The van der Waals surface area contributed by atoms with Gasteiger partial charge < -0.3 is 24.7 Å². The number of hydrogen-bond donors (Lipinski definition) is 2. The number of nitrogens with zero attached hydrogens (tertiary/aromatic N) is 2. The average Bonchev–Trinajstić information content (AvgIpc) is 3.53. The largest absolute Gasteiger partial charge is 0.495 e. The number of nitrogens with one attached hydrogen (secondary N) is 2. The van der Waals surface area contributed by atoms with Gasteiger partial charge in [-0.15, -0.1) is 0 Å². The summed E-state index contributed by atoms with van der Waals surface area (Å²) >= 11 is 5.71. The fourth-order valence-electron chi connectivity index (χ4n) is 4.41. The summed E-state index contributed by atoms with van der Waals surface area (Å²) in [7, 11) is 1.58. The van der Waals surface area contributed by atoms with Gasteiger partial charge in [-0.1, -0.05) is 48.5 Å². The van der Waals surface area contributed by atoms with Crippen molar-refractivity contribution in [2.45, 2.75) is 18.5 Å². The quantitative estimate of drug-likeness (QED) is 0.317. The number of carbonyl (C=O) groups excluding carboxylic acids is 1. The average molecular weight is 499 g/mol. The van der Waals surface area contributed by atoms with Crippen LogP contribution in [0.1, 0.15) is 30.0 Å². The normalized spacial score (nSPS) is 17.0. The molecule has 8 heteroatoms. The zero-order chi connectivity index (χ0) is 24.9. The molecule has 0 bridgehead atoms. The molecule has 4 aromatic rings. The van der Waals surface area contributed by atoms with Crippen LogP contribution in [0.4, 0.5) is 5.69 Å². The van der Waals surface area contributed by atoms with E-state index in [-0.39, 0.29) is 24.4 Å². The van der Waals surface area contributed by atoms with Gasteiger partial charge in [0, 0.05) is 24.7 Å². The Balaban J connectivity index is 1.39. The number of hydrogen-bond acceptors (Lipinski definition) is 5. The first-order valence-corrected chi connectivity index (χ1v) is 12.1. The first kappa shape index (κ1) is 23.6. The Hall–Kier alpha value is -4.17. The number of rotatable bonds is 8. The summed E-state index contributed by atoms with van der Waals surface area (Å²) in [5.41, 5.74) is 2.48. The lowest BCUT2D eigenvalue weighted by molar-refractivity contribution is -0.116. The maximum absolute atomic E-state index is 12.8. The van der Waals surface area contributed by atoms with E-state index in [1.54, 1.807) is 13.3 Å². The highest BCUT2D eigenvalue weighted by atomic mass is 32.1. The van der Waals surface area contributed by atoms with Crippen molar-refractivity contribution in [3.8, 4) is 17.1 Å². The summed E-state index contributed by atoms with van der Waals surface area (Å²) in [6, 6.07) is 26.5. The van der Waals surface area contributed by atoms with Gasteiger partial charge in [0.2, 0.25) is 5.91 Å². The van der Waals surface area contributed by atoms with Gasteiger partial charge in [-0.3, -0.25) is 9.78 Å². The van der Waals surface area contributed by atoms with Crippen molar-refractivity contribution in [1.29, 1.82) is 0 Å². The number of ether oxygens (including phenoxy) is 1. The molecule has 2 aromatic heterocycles. The van der Waals surface area contributed by atoms with E-state index in [9.17, 15) is 4.79 Å². The molecule has 0 spiro atoms. The molecule has 2 atom stereocenters. The van der Waals surface area contributed by atoms with Crippen molar-refractivity contribution in [2.75, 3.05) is 19.0 Å². The molecular formula is C28H26N4O3S. The van der Waals surface area contributed by atoms with Gasteiger partial charge in [0.25, 0.3) is 0 Å². The van der Waals surface area contributed by atoms with E-state index < -0.39 is 0 Å². The number of aromatic nitrogens is 1. The van der Waals surface area contributed by atoms with Gasteiger partial charge in [-0.05, 0) is 48.6 Å². The van der Waals surface area contributed by atoms with E-state index in [1.807, 2.05) is 89.8 Å². The second kappa shape index (κ2) is 10.6. The van der Waals surface area contributed by atoms with E-state index in [4.69, 9.17) is 21.4 Å². The molecule has 0 radical (unpaired) electrons. The Morgan fingerprint density at radius 2 is 1.83 bits per heavy atom. The van der Waals surface area contributed by atoms with Gasteiger partial charge in [-0.25, -0.2) is 0 Å². The fraction of sp³-hybridized carbons (Fsp3) is 0.179. The summed E-state index contributed by atoms with van der Waals surface area (Å²) in [4.78, 5) is 19.4. The topological polar surface area (TPSA) is 79.6 Å². The first-order valence-electron chi connectivity index (χ1n) is 11.7. The van der Waals surface area contributed by atoms with Crippen LogP contribution in [0.25, 0.3) is 11.3 Å². The maximum atomic E-state index is 12.8. The summed E-state index contributed by atoms with van der Waals surface area (Å²) in [5, 5.41) is 6.88.